The largest absolute Gasteiger partial charge is 0.507 e. The lowest BCUT2D eigenvalue weighted by molar-refractivity contribution is 0.0596. The van der Waals surface area contributed by atoms with Gasteiger partial charge in [0.25, 0.3) is 0 Å². The molecule has 0 saturated heterocycles. The van der Waals surface area contributed by atoms with Crippen LogP contribution >= 0.6 is 15.9 Å². The summed E-state index contributed by atoms with van der Waals surface area (Å²) in [5.74, 6) is -1.69. The van der Waals surface area contributed by atoms with Crippen LogP contribution in [0.1, 0.15) is 22.8 Å². The number of hydrogen-bond donors (Lipinski definition) is 1. The minimum absolute atomic E-state index is 0.130. The predicted molar refractivity (Wildman–Crippen MR) is 65.6 cm³/mol. The minimum Gasteiger partial charge on any atom is -0.507 e. The molecule has 0 unspecified atom stereocenters. The van der Waals surface area contributed by atoms with Crippen molar-refractivity contribution in [3.63, 3.8) is 0 Å². The monoisotopic (exact) mass is 302 g/mol. The van der Waals surface area contributed by atoms with E-state index in [4.69, 9.17) is 0 Å². The Morgan fingerprint density at radius 2 is 2.24 bits per heavy atom. The molecule has 0 atom stereocenters. The summed E-state index contributed by atoms with van der Waals surface area (Å²) in [5.41, 5.74) is 0.838. The molecular weight excluding hydrogens is 291 g/mol. The van der Waals surface area contributed by atoms with Crippen molar-refractivity contribution in [3.8, 4) is 5.75 Å². The lowest BCUT2D eigenvalue weighted by atomic mass is 10.0. The van der Waals surface area contributed by atoms with Crippen molar-refractivity contribution in [1.29, 1.82) is 0 Å². The van der Waals surface area contributed by atoms with Crippen molar-refractivity contribution in [2.45, 2.75) is 13.3 Å². The molecule has 17 heavy (non-hydrogen) atoms. The van der Waals surface area contributed by atoms with Gasteiger partial charge >= 0.3 is 5.97 Å². The maximum atomic E-state index is 13.6. The number of benzene rings is 1. The van der Waals surface area contributed by atoms with E-state index in [0.29, 0.717) is 0 Å². The summed E-state index contributed by atoms with van der Waals surface area (Å²) in [6.07, 6.45) is 0.272. The Hall–Kier alpha value is -1.36. The Kier molecular flexibility index (Phi) is 4.28. The van der Waals surface area contributed by atoms with Gasteiger partial charge in [-0.25, -0.2) is 9.18 Å². The third-order valence-corrected chi connectivity index (χ3v) is 3.03. The number of hydrogen-bond acceptors (Lipinski definition) is 3. The molecule has 0 aliphatic carbocycles. The summed E-state index contributed by atoms with van der Waals surface area (Å²) in [6, 6.07) is 0.938. The van der Waals surface area contributed by atoms with Gasteiger partial charge in [-0.3, -0.25) is 0 Å². The average molecular weight is 303 g/mol. The summed E-state index contributed by atoms with van der Waals surface area (Å²) in [4.78, 5) is 11.3. The van der Waals surface area contributed by atoms with Gasteiger partial charge in [-0.05, 0) is 35.3 Å². The molecule has 0 saturated carbocycles. The van der Waals surface area contributed by atoms with Gasteiger partial charge in [-0.2, -0.15) is 0 Å². The molecule has 1 aromatic rings. The molecule has 1 N–H and O–H groups in total. The standard InChI is InChI=1S/C12H12BrFO3/c1-6(2)4-7-10(13)9(14)5-8(11(7)15)12(16)17-3/h5,15H,1,4H2,2-3H3. The third-order valence-electron chi connectivity index (χ3n) is 2.17. The maximum Gasteiger partial charge on any atom is 0.341 e. The number of phenols is 1. The van der Waals surface area contributed by atoms with E-state index in [1.54, 1.807) is 6.92 Å². The molecule has 0 amide bonds. The fraction of sp³-hybridized carbons (Fsp3) is 0.250. The fourth-order valence-electron chi connectivity index (χ4n) is 1.40. The first-order chi connectivity index (χ1) is 7.88. The predicted octanol–water partition coefficient (Wildman–Crippen LogP) is 3.20. The van der Waals surface area contributed by atoms with Gasteiger partial charge < -0.3 is 9.84 Å². The van der Waals surface area contributed by atoms with E-state index in [1.165, 1.54) is 7.11 Å². The Balaban J connectivity index is 3.42. The van der Waals surface area contributed by atoms with Crippen molar-refractivity contribution in [2.75, 3.05) is 7.11 Å². The van der Waals surface area contributed by atoms with Crippen LogP contribution in [0.2, 0.25) is 0 Å². The van der Waals surface area contributed by atoms with Gasteiger partial charge in [0.15, 0.2) is 0 Å². The summed E-state index contributed by atoms with van der Waals surface area (Å²) < 4.78 is 18.2. The maximum absolute atomic E-state index is 13.6. The first kappa shape index (κ1) is 13.7. The third kappa shape index (κ3) is 2.85. The van der Waals surface area contributed by atoms with Crippen molar-refractivity contribution in [1.82, 2.24) is 0 Å². The normalized spacial score (nSPS) is 10.1. The van der Waals surface area contributed by atoms with Gasteiger partial charge in [-0.1, -0.05) is 12.2 Å². The molecule has 0 aliphatic rings. The van der Waals surface area contributed by atoms with Crippen LogP contribution < -0.4 is 0 Å². The fourth-order valence-corrected chi connectivity index (χ4v) is 1.84. The number of carbonyl (C=O) groups is 1. The second-order valence-electron chi connectivity index (χ2n) is 3.67. The lowest BCUT2D eigenvalue weighted by Gasteiger charge is -2.11. The number of halogens is 2. The zero-order valence-corrected chi connectivity index (χ0v) is 11.1. The van der Waals surface area contributed by atoms with Crippen LogP contribution in [-0.2, 0) is 11.2 Å². The van der Waals surface area contributed by atoms with Gasteiger partial charge in [-0.15, -0.1) is 0 Å². The number of rotatable bonds is 3. The van der Waals surface area contributed by atoms with E-state index in [9.17, 15) is 14.3 Å². The number of phenolic OH excluding ortho intramolecular Hbond substituents is 1. The number of allylic oxidation sites excluding steroid dienone is 1. The van der Waals surface area contributed by atoms with Crippen LogP contribution in [0.5, 0.6) is 5.75 Å². The highest BCUT2D eigenvalue weighted by Gasteiger charge is 2.21. The van der Waals surface area contributed by atoms with Crippen LogP contribution in [0.3, 0.4) is 0 Å². The van der Waals surface area contributed by atoms with Gasteiger partial charge in [0.2, 0.25) is 0 Å². The molecule has 1 rings (SSSR count). The molecule has 5 heteroatoms. The van der Waals surface area contributed by atoms with E-state index in [1.807, 2.05) is 0 Å². The quantitative estimate of drug-likeness (QED) is 0.689. The van der Waals surface area contributed by atoms with Crippen molar-refractivity contribution >= 4 is 21.9 Å². The molecular formula is C12H12BrFO3. The van der Waals surface area contributed by atoms with Crippen LogP contribution in [0, 0.1) is 5.82 Å². The van der Waals surface area contributed by atoms with E-state index >= 15 is 0 Å². The molecule has 0 aromatic heterocycles. The Labute approximate surface area is 107 Å². The van der Waals surface area contributed by atoms with Crippen LogP contribution in [0.4, 0.5) is 4.39 Å². The topological polar surface area (TPSA) is 46.5 Å². The molecule has 1 aromatic carbocycles. The highest BCUT2D eigenvalue weighted by molar-refractivity contribution is 9.10. The summed E-state index contributed by atoms with van der Waals surface area (Å²) in [7, 11) is 1.17. The molecule has 0 fully saturated rings. The number of aromatic hydroxyl groups is 1. The highest BCUT2D eigenvalue weighted by atomic mass is 79.9. The number of carbonyl (C=O) groups excluding carboxylic acids is 1. The lowest BCUT2D eigenvalue weighted by Crippen LogP contribution is -2.05. The zero-order valence-electron chi connectivity index (χ0n) is 9.51. The van der Waals surface area contributed by atoms with Crippen LogP contribution in [0.25, 0.3) is 0 Å². The van der Waals surface area contributed by atoms with E-state index in [-0.39, 0.29) is 27.8 Å². The Morgan fingerprint density at radius 3 is 2.71 bits per heavy atom. The van der Waals surface area contributed by atoms with E-state index < -0.39 is 11.8 Å². The summed E-state index contributed by atoms with van der Waals surface area (Å²) in [5, 5.41) is 9.91. The smallest absolute Gasteiger partial charge is 0.341 e. The molecule has 0 bridgehead atoms. The molecule has 0 heterocycles. The summed E-state index contributed by atoms with van der Waals surface area (Å²) in [6.45, 7) is 5.43. The first-order valence-electron chi connectivity index (χ1n) is 4.81. The molecule has 3 nitrogen and oxygen atoms in total. The second-order valence-corrected chi connectivity index (χ2v) is 4.47. The Bertz CT molecular complexity index is 483. The van der Waals surface area contributed by atoms with Crippen molar-refractivity contribution < 1.29 is 19.0 Å². The SMILES string of the molecule is C=C(C)Cc1c(O)c(C(=O)OC)cc(F)c1Br. The van der Waals surface area contributed by atoms with E-state index in [0.717, 1.165) is 11.6 Å². The highest BCUT2D eigenvalue weighted by Crippen LogP contribution is 2.34. The Morgan fingerprint density at radius 1 is 1.65 bits per heavy atom. The summed E-state index contributed by atoms with van der Waals surface area (Å²) >= 11 is 3.04. The van der Waals surface area contributed by atoms with Crippen molar-refractivity contribution in [3.05, 3.63) is 39.6 Å². The van der Waals surface area contributed by atoms with Crippen LogP contribution in [-0.4, -0.2) is 18.2 Å². The van der Waals surface area contributed by atoms with Gasteiger partial charge in [0.05, 0.1) is 11.6 Å². The number of esters is 1. The van der Waals surface area contributed by atoms with E-state index in [2.05, 4.69) is 27.2 Å². The number of ether oxygens (including phenoxy) is 1. The molecule has 92 valence electrons. The minimum atomic E-state index is -0.781. The number of methoxy groups -OCH3 is 1. The van der Waals surface area contributed by atoms with Crippen molar-refractivity contribution in [2.24, 2.45) is 0 Å². The first-order valence-corrected chi connectivity index (χ1v) is 5.60. The van der Waals surface area contributed by atoms with Gasteiger partial charge in [0.1, 0.15) is 17.1 Å². The second kappa shape index (κ2) is 5.31. The molecule has 0 radical (unpaired) electrons. The van der Waals surface area contributed by atoms with Crippen LogP contribution in [0.15, 0.2) is 22.7 Å². The zero-order chi connectivity index (χ0) is 13.2. The molecule has 0 aliphatic heterocycles. The average Bonchev–Trinajstić information content (AvgIpc) is 2.28. The van der Waals surface area contributed by atoms with Gasteiger partial charge in [0, 0.05) is 5.56 Å². The molecule has 0 spiro atoms.